The zero-order chi connectivity index (χ0) is 21.4. The predicted octanol–water partition coefficient (Wildman–Crippen LogP) is 6.44. The Morgan fingerprint density at radius 2 is 1.87 bits per heavy atom. The minimum absolute atomic E-state index is 0.388. The van der Waals surface area contributed by atoms with Crippen molar-refractivity contribution in [2.75, 3.05) is 0 Å². The number of aryl methyl sites for hydroxylation is 1. The second-order valence-corrected chi connectivity index (χ2v) is 8.12. The maximum absolute atomic E-state index is 12.7. The Morgan fingerprint density at radius 1 is 1.06 bits per heavy atom. The van der Waals surface area contributed by atoms with E-state index < -0.39 is 5.63 Å². The lowest BCUT2D eigenvalue weighted by atomic mass is 10.0. The van der Waals surface area contributed by atoms with Crippen molar-refractivity contribution in [3.63, 3.8) is 0 Å². The van der Waals surface area contributed by atoms with Gasteiger partial charge in [0.15, 0.2) is 0 Å². The number of nitrogens with zero attached hydrogens (tertiary/aromatic N) is 2. The SMILES string of the molecule is Cc1ccc(C=C(C#N)c2nc(-c3cc4c(ccc5ccccc54)oc3=O)cs2)cc1. The molecular weight excluding hydrogens is 404 g/mol. The first kappa shape index (κ1) is 19.0. The van der Waals surface area contributed by atoms with E-state index in [9.17, 15) is 10.1 Å². The molecule has 5 rings (SSSR count). The van der Waals surface area contributed by atoms with Gasteiger partial charge in [0.2, 0.25) is 0 Å². The summed E-state index contributed by atoms with van der Waals surface area (Å²) in [5.74, 6) is 0. The van der Waals surface area contributed by atoms with Gasteiger partial charge in [-0.3, -0.25) is 0 Å². The van der Waals surface area contributed by atoms with E-state index in [4.69, 9.17) is 4.42 Å². The third kappa shape index (κ3) is 3.54. The molecule has 4 nitrogen and oxygen atoms in total. The van der Waals surface area contributed by atoms with Gasteiger partial charge in [0, 0.05) is 10.8 Å². The number of thiazole rings is 1. The summed E-state index contributed by atoms with van der Waals surface area (Å²) in [6.07, 6.45) is 1.80. The van der Waals surface area contributed by atoms with Crippen LogP contribution >= 0.6 is 11.3 Å². The van der Waals surface area contributed by atoms with Crippen molar-refractivity contribution in [2.24, 2.45) is 0 Å². The Labute approximate surface area is 182 Å². The van der Waals surface area contributed by atoms with Crippen LogP contribution in [0, 0.1) is 18.3 Å². The van der Waals surface area contributed by atoms with Gasteiger partial charge in [-0.15, -0.1) is 11.3 Å². The van der Waals surface area contributed by atoms with Crippen molar-refractivity contribution >= 4 is 44.7 Å². The number of fused-ring (bicyclic) bond motifs is 3. The summed E-state index contributed by atoms with van der Waals surface area (Å²) >= 11 is 1.33. The Hall–Kier alpha value is -4.01. The number of hydrogen-bond donors (Lipinski definition) is 0. The van der Waals surface area contributed by atoms with E-state index in [2.05, 4.69) is 11.1 Å². The fourth-order valence-corrected chi connectivity index (χ4v) is 4.33. The van der Waals surface area contributed by atoms with E-state index in [1.54, 1.807) is 11.5 Å². The van der Waals surface area contributed by atoms with Gasteiger partial charge in [-0.05, 0) is 41.5 Å². The van der Waals surface area contributed by atoms with Gasteiger partial charge in [0.05, 0.1) is 16.8 Å². The van der Waals surface area contributed by atoms with Crippen molar-refractivity contribution in [2.45, 2.75) is 6.92 Å². The molecule has 5 aromatic rings. The Balaban J connectivity index is 1.61. The molecule has 0 aliphatic heterocycles. The molecule has 0 amide bonds. The molecule has 0 atom stereocenters. The van der Waals surface area contributed by atoms with Crippen LogP contribution in [-0.2, 0) is 0 Å². The number of allylic oxidation sites excluding steroid dienone is 1. The molecule has 31 heavy (non-hydrogen) atoms. The van der Waals surface area contributed by atoms with Gasteiger partial charge in [-0.25, -0.2) is 9.78 Å². The smallest absolute Gasteiger partial charge is 0.345 e. The third-order valence-electron chi connectivity index (χ3n) is 5.16. The number of hydrogen-bond acceptors (Lipinski definition) is 5. The standard InChI is InChI=1S/C26H16N2O2S/c1-16-6-8-17(9-7-16)12-19(14-27)25-28-23(15-31-25)22-13-21-20-5-3-2-4-18(20)10-11-24(21)30-26(22)29/h2-13,15H,1H3. The van der Waals surface area contributed by atoms with Gasteiger partial charge < -0.3 is 4.42 Å². The van der Waals surface area contributed by atoms with Gasteiger partial charge in [0.1, 0.15) is 16.7 Å². The molecule has 0 bridgehead atoms. The molecule has 0 saturated heterocycles. The monoisotopic (exact) mass is 420 g/mol. The molecule has 2 aromatic heterocycles. The normalized spacial score (nSPS) is 11.7. The van der Waals surface area contributed by atoms with Crippen LogP contribution in [0.1, 0.15) is 16.1 Å². The average Bonchev–Trinajstić information content (AvgIpc) is 3.28. The van der Waals surface area contributed by atoms with Crippen molar-refractivity contribution in [1.82, 2.24) is 4.98 Å². The van der Waals surface area contributed by atoms with Crippen LogP contribution < -0.4 is 5.63 Å². The lowest BCUT2D eigenvalue weighted by molar-refractivity contribution is 0.563. The quantitative estimate of drug-likeness (QED) is 0.191. The first-order valence-electron chi connectivity index (χ1n) is 9.73. The Bertz CT molecular complexity index is 1570. The number of nitriles is 1. The van der Waals surface area contributed by atoms with Crippen LogP contribution in [0.25, 0.3) is 44.6 Å². The second kappa shape index (κ2) is 7.67. The van der Waals surface area contributed by atoms with E-state index in [-0.39, 0.29) is 0 Å². The van der Waals surface area contributed by atoms with Crippen molar-refractivity contribution in [1.29, 1.82) is 5.26 Å². The molecule has 0 radical (unpaired) electrons. The third-order valence-corrected chi connectivity index (χ3v) is 6.04. The van der Waals surface area contributed by atoms with Crippen LogP contribution in [0.3, 0.4) is 0 Å². The van der Waals surface area contributed by atoms with E-state index in [1.807, 2.05) is 73.7 Å². The van der Waals surface area contributed by atoms with E-state index >= 15 is 0 Å². The summed E-state index contributed by atoms with van der Waals surface area (Å²) in [6, 6.07) is 23.7. The van der Waals surface area contributed by atoms with Crippen LogP contribution in [0.4, 0.5) is 0 Å². The molecule has 0 aliphatic rings. The Morgan fingerprint density at radius 3 is 2.68 bits per heavy atom. The van der Waals surface area contributed by atoms with Crippen LogP contribution in [0.5, 0.6) is 0 Å². The highest BCUT2D eigenvalue weighted by molar-refractivity contribution is 7.11. The van der Waals surface area contributed by atoms with Crippen molar-refractivity contribution in [3.05, 3.63) is 98.7 Å². The molecule has 2 heterocycles. The van der Waals surface area contributed by atoms with Gasteiger partial charge in [-0.1, -0.05) is 60.2 Å². The fraction of sp³-hybridized carbons (Fsp3) is 0.0385. The summed E-state index contributed by atoms with van der Waals surface area (Å²) < 4.78 is 5.59. The number of aromatic nitrogens is 1. The zero-order valence-electron chi connectivity index (χ0n) is 16.6. The first-order chi connectivity index (χ1) is 15.1. The fourth-order valence-electron chi connectivity index (χ4n) is 3.54. The van der Waals surface area contributed by atoms with E-state index in [1.165, 1.54) is 11.3 Å². The molecule has 0 N–H and O–H groups in total. The largest absolute Gasteiger partial charge is 0.422 e. The zero-order valence-corrected chi connectivity index (χ0v) is 17.4. The highest BCUT2D eigenvalue weighted by atomic mass is 32.1. The highest BCUT2D eigenvalue weighted by Gasteiger charge is 2.15. The van der Waals surface area contributed by atoms with E-state index in [0.717, 1.165) is 27.3 Å². The molecule has 0 spiro atoms. The van der Waals surface area contributed by atoms with Crippen molar-refractivity contribution < 1.29 is 4.42 Å². The summed E-state index contributed by atoms with van der Waals surface area (Å²) in [4.78, 5) is 17.2. The summed E-state index contributed by atoms with van der Waals surface area (Å²) in [5.41, 5.74) is 3.53. The molecule has 0 aliphatic carbocycles. The minimum atomic E-state index is -0.444. The topological polar surface area (TPSA) is 66.9 Å². The van der Waals surface area contributed by atoms with Gasteiger partial charge >= 0.3 is 5.63 Å². The van der Waals surface area contributed by atoms with Gasteiger partial charge in [0.25, 0.3) is 0 Å². The lowest BCUT2D eigenvalue weighted by Crippen LogP contribution is -2.03. The molecular formula is C26H16N2O2S. The highest BCUT2D eigenvalue weighted by Crippen LogP contribution is 2.30. The first-order valence-corrected chi connectivity index (χ1v) is 10.6. The maximum atomic E-state index is 12.7. The van der Waals surface area contributed by atoms with Gasteiger partial charge in [-0.2, -0.15) is 5.26 Å². The van der Waals surface area contributed by atoms with Crippen LogP contribution in [0.2, 0.25) is 0 Å². The summed E-state index contributed by atoms with van der Waals surface area (Å²) in [6.45, 7) is 2.02. The van der Waals surface area contributed by atoms with Crippen LogP contribution in [0.15, 0.2) is 81.3 Å². The van der Waals surface area contributed by atoms with Crippen LogP contribution in [-0.4, -0.2) is 4.98 Å². The second-order valence-electron chi connectivity index (χ2n) is 7.26. The molecule has 3 aromatic carbocycles. The predicted molar refractivity (Wildman–Crippen MR) is 126 cm³/mol. The molecule has 0 unspecified atom stereocenters. The molecule has 0 fully saturated rings. The summed E-state index contributed by atoms with van der Waals surface area (Å²) in [5, 5.41) is 15.0. The van der Waals surface area contributed by atoms with Crippen molar-refractivity contribution in [3.8, 4) is 17.3 Å². The minimum Gasteiger partial charge on any atom is -0.422 e. The molecule has 148 valence electrons. The van der Waals surface area contributed by atoms with E-state index in [0.29, 0.717) is 27.4 Å². The lowest BCUT2D eigenvalue weighted by Gasteiger charge is -2.04. The Kier molecular flexibility index (Phi) is 4.70. The molecule has 0 saturated carbocycles. The summed E-state index contributed by atoms with van der Waals surface area (Å²) in [7, 11) is 0. The number of rotatable bonds is 3. The maximum Gasteiger partial charge on any atom is 0.345 e. The number of benzene rings is 3. The average molecular weight is 420 g/mol. The molecule has 5 heteroatoms.